The second-order valence-electron chi connectivity index (χ2n) is 4.34. The van der Waals surface area contributed by atoms with Gasteiger partial charge in [-0.05, 0) is 17.7 Å². The minimum atomic E-state index is -0.833. The Morgan fingerprint density at radius 3 is 2.80 bits per heavy atom. The quantitative estimate of drug-likeness (QED) is 0.730. The van der Waals surface area contributed by atoms with Crippen LogP contribution >= 0.6 is 11.6 Å². The number of carbonyl (C=O) groups excluding carboxylic acids is 2. The lowest BCUT2D eigenvalue weighted by Crippen LogP contribution is -2.52. The first-order valence-corrected chi connectivity index (χ1v) is 6.54. The lowest BCUT2D eigenvalue weighted by atomic mass is 9.99. The summed E-state index contributed by atoms with van der Waals surface area (Å²) in [5, 5.41) is 14.6. The van der Waals surface area contributed by atoms with Crippen molar-refractivity contribution >= 4 is 23.4 Å². The number of hydrogen-bond acceptors (Lipinski definition) is 4. The summed E-state index contributed by atoms with van der Waals surface area (Å²) in [6, 6.07) is 6.25. The summed E-state index contributed by atoms with van der Waals surface area (Å²) in [4.78, 5) is 23.5. The summed E-state index contributed by atoms with van der Waals surface area (Å²) in [7, 11) is 0. The van der Waals surface area contributed by atoms with Crippen LogP contribution in [0.15, 0.2) is 24.3 Å². The first-order chi connectivity index (χ1) is 9.61. The van der Waals surface area contributed by atoms with Crippen LogP contribution in [-0.2, 0) is 14.3 Å². The number of carbonyl (C=O) groups is 2. The summed E-state index contributed by atoms with van der Waals surface area (Å²) in [5.74, 6) is -0.657. The van der Waals surface area contributed by atoms with E-state index in [2.05, 4.69) is 10.6 Å². The molecule has 108 valence electrons. The van der Waals surface area contributed by atoms with E-state index in [-0.39, 0.29) is 31.6 Å². The van der Waals surface area contributed by atoms with Crippen LogP contribution in [0, 0.1) is 0 Å². The molecule has 1 aliphatic rings. The van der Waals surface area contributed by atoms with Gasteiger partial charge in [-0.2, -0.15) is 0 Å². The van der Waals surface area contributed by atoms with Gasteiger partial charge in [0.2, 0.25) is 5.91 Å². The third-order valence-electron chi connectivity index (χ3n) is 2.91. The highest BCUT2D eigenvalue weighted by atomic mass is 35.5. The van der Waals surface area contributed by atoms with E-state index >= 15 is 0 Å². The minimum absolute atomic E-state index is 0.139. The molecule has 6 nitrogen and oxygen atoms in total. The largest absolute Gasteiger partial charge is 0.395 e. The number of amides is 2. The molecule has 3 N–H and O–H groups in total. The standard InChI is InChI=1S/C13H15ClN2O4/c14-9-3-1-8(2-4-9)11-12(13(19)15-5-6-17)20-7-10(18)16-11/h1-4,11-12,17H,5-7H2,(H,15,19)(H,16,18)/t11-,12-/m1/s1. The average molecular weight is 299 g/mol. The Morgan fingerprint density at radius 2 is 2.15 bits per heavy atom. The molecule has 20 heavy (non-hydrogen) atoms. The number of ether oxygens (including phenoxy) is 1. The topological polar surface area (TPSA) is 87.7 Å². The highest BCUT2D eigenvalue weighted by Gasteiger charge is 2.35. The maximum atomic E-state index is 12.0. The Hall–Kier alpha value is -1.63. The molecule has 0 radical (unpaired) electrons. The second-order valence-corrected chi connectivity index (χ2v) is 4.78. The van der Waals surface area contributed by atoms with Crippen molar-refractivity contribution in [3.63, 3.8) is 0 Å². The first kappa shape index (κ1) is 14.8. The van der Waals surface area contributed by atoms with Gasteiger partial charge >= 0.3 is 0 Å². The van der Waals surface area contributed by atoms with Gasteiger partial charge < -0.3 is 20.5 Å². The van der Waals surface area contributed by atoms with Crippen molar-refractivity contribution in [2.75, 3.05) is 19.8 Å². The predicted octanol–water partition coefficient (Wildman–Crippen LogP) is 0.00460. The zero-order chi connectivity index (χ0) is 14.5. The normalized spacial score (nSPS) is 22.2. The van der Waals surface area contributed by atoms with E-state index in [9.17, 15) is 9.59 Å². The maximum absolute atomic E-state index is 12.0. The molecular formula is C13H15ClN2O4. The lowest BCUT2D eigenvalue weighted by Gasteiger charge is -2.31. The highest BCUT2D eigenvalue weighted by Crippen LogP contribution is 2.24. The third-order valence-corrected chi connectivity index (χ3v) is 3.16. The van der Waals surface area contributed by atoms with Gasteiger partial charge in [0, 0.05) is 11.6 Å². The molecule has 2 rings (SSSR count). The molecule has 1 aromatic carbocycles. The number of morpholine rings is 1. The smallest absolute Gasteiger partial charge is 0.251 e. The number of rotatable bonds is 4. The number of nitrogens with one attached hydrogen (secondary N) is 2. The van der Waals surface area contributed by atoms with Crippen LogP contribution in [0.4, 0.5) is 0 Å². The summed E-state index contributed by atoms with van der Waals surface area (Å²) in [6.07, 6.45) is -0.833. The number of halogens is 1. The fourth-order valence-electron chi connectivity index (χ4n) is 1.99. The highest BCUT2D eigenvalue weighted by molar-refractivity contribution is 6.30. The van der Waals surface area contributed by atoms with Crippen LogP contribution < -0.4 is 10.6 Å². The van der Waals surface area contributed by atoms with Gasteiger partial charge in [-0.1, -0.05) is 23.7 Å². The van der Waals surface area contributed by atoms with Gasteiger partial charge in [-0.15, -0.1) is 0 Å². The van der Waals surface area contributed by atoms with E-state index in [1.54, 1.807) is 24.3 Å². The fraction of sp³-hybridized carbons (Fsp3) is 0.385. The van der Waals surface area contributed by atoms with Crippen LogP contribution in [0.5, 0.6) is 0 Å². The molecule has 0 saturated carbocycles. The number of benzene rings is 1. The van der Waals surface area contributed by atoms with Gasteiger partial charge in [0.05, 0.1) is 12.6 Å². The van der Waals surface area contributed by atoms with Gasteiger partial charge in [0.25, 0.3) is 5.91 Å². The molecule has 0 aliphatic carbocycles. The Kier molecular flexibility index (Phi) is 4.94. The Balaban J connectivity index is 2.17. The Labute approximate surface area is 121 Å². The molecule has 2 atom stereocenters. The molecule has 0 spiro atoms. The molecule has 7 heteroatoms. The summed E-state index contributed by atoms with van der Waals surface area (Å²) < 4.78 is 5.31. The molecular weight excluding hydrogens is 284 g/mol. The number of aliphatic hydroxyl groups excluding tert-OH is 1. The van der Waals surface area contributed by atoms with Crippen molar-refractivity contribution in [1.29, 1.82) is 0 Å². The SMILES string of the molecule is O=C1CO[C@@H](C(=O)NCCO)[C@@H](c2ccc(Cl)cc2)N1. The second kappa shape index (κ2) is 6.69. The minimum Gasteiger partial charge on any atom is -0.395 e. The van der Waals surface area contributed by atoms with E-state index in [0.717, 1.165) is 5.56 Å². The van der Waals surface area contributed by atoms with Crippen molar-refractivity contribution in [1.82, 2.24) is 10.6 Å². The van der Waals surface area contributed by atoms with Gasteiger partial charge in [-0.3, -0.25) is 9.59 Å². The molecule has 1 aliphatic heterocycles. The molecule has 1 saturated heterocycles. The monoisotopic (exact) mass is 298 g/mol. The van der Waals surface area contributed by atoms with Crippen LogP contribution in [0.1, 0.15) is 11.6 Å². The number of aliphatic hydroxyl groups is 1. The first-order valence-electron chi connectivity index (χ1n) is 6.17. The van der Waals surface area contributed by atoms with E-state index in [0.29, 0.717) is 5.02 Å². The number of hydrogen-bond donors (Lipinski definition) is 3. The van der Waals surface area contributed by atoms with Crippen LogP contribution in [0.25, 0.3) is 0 Å². The van der Waals surface area contributed by atoms with Gasteiger partial charge in [0.15, 0.2) is 6.10 Å². The van der Waals surface area contributed by atoms with Crippen molar-refractivity contribution in [2.45, 2.75) is 12.1 Å². The molecule has 1 aromatic rings. The zero-order valence-electron chi connectivity index (χ0n) is 10.6. The summed E-state index contributed by atoms with van der Waals surface area (Å²) in [6.45, 7) is -0.183. The maximum Gasteiger partial charge on any atom is 0.251 e. The molecule has 1 fully saturated rings. The molecule has 1 heterocycles. The van der Waals surface area contributed by atoms with Crippen LogP contribution in [0.2, 0.25) is 5.02 Å². The van der Waals surface area contributed by atoms with E-state index < -0.39 is 12.1 Å². The van der Waals surface area contributed by atoms with Crippen molar-refractivity contribution < 1.29 is 19.4 Å². The Bertz CT molecular complexity index is 492. The van der Waals surface area contributed by atoms with Crippen molar-refractivity contribution in [3.05, 3.63) is 34.9 Å². The lowest BCUT2D eigenvalue weighted by molar-refractivity contribution is -0.148. The van der Waals surface area contributed by atoms with E-state index in [1.807, 2.05) is 0 Å². The summed E-state index contributed by atoms with van der Waals surface area (Å²) in [5.41, 5.74) is 0.728. The van der Waals surface area contributed by atoms with Gasteiger partial charge in [0.1, 0.15) is 6.61 Å². The average Bonchev–Trinajstić information content (AvgIpc) is 2.45. The predicted molar refractivity (Wildman–Crippen MR) is 72.2 cm³/mol. The molecule has 0 aromatic heterocycles. The third kappa shape index (κ3) is 3.47. The Morgan fingerprint density at radius 1 is 1.45 bits per heavy atom. The summed E-state index contributed by atoms with van der Waals surface area (Å²) >= 11 is 5.82. The van der Waals surface area contributed by atoms with Crippen molar-refractivity contribution in [2.24, 2.45) is 0 Å². The fourth-order valence-corrected chi connectivity index (χ4v) is 2.11. The van der Waals surface area contributed by atoms with E-state index in [1.165, 1.54) is 0 Å². The van der Waals surface area contributed by atoms with E-state index in [4.69, 9.17) is 21.4 Å². The molecule has 0 bridgehead atoms. The van der Waals surface area contributed by atoms with Crippen molar-refractivity contribution in [3.8, 4) is 0 Å². The molecule has 2 amide bonds. The van der Waals surface area contributed by atoms with Gasteiger partial charge in [-0.25, -0.2) is 0 Å². The molecule has 0 unspecified atom stereocenters. The van der Waals surface area contributed by atoms with Crippen LogP contribution in [0.3, 0.4) is 0 Å². The van der Waals surface area contributed by atoms with Crippen LogP contribution in [-0.4, -0.2) is 42.8 Å². The zero-order valence-corrected chi connectivity index (χ0v) is 11.4.